The van der Waals surface area contributed by atoms with Gasteiger partial charge in [0, 0.05) is 6.54 Å². The van der Waals surface area contributed by atoms with Gasteiger partial charge in [-0.15, -0.1) is 0 Å². The van der Waals surface area contributed by atoms with Crippen LogP contribution in [-0.2, 0) is 9.59 Å². The Morgan fingerprint density at radius 3 is 1.94 bits per heavy atom. The second-order valence-corrected chi connectivity index (χ2v) is 3.82. The summed E-state index contributed by atoms with van der Waals surface area (Å²) in [7, 11) is 0. The minimum absolute atomic E-state index is 0.868. The fourth-order valence-electron chi connectivity index (χ4n) is 0.899. The molecule has 0 aliphatic carbocycles. The Bertz CT molecular complexity index is 339. The number of carboxylic acids is 1. The van der Waals surface area contributed by atoms with Gasteiger partial charge in [0.1, 0.15) is 0 Å². The molecule has 0 spiro atoms. The van der Waals surface area contributed by atoms with E-state index in [-0.39, 0.29) is 0 Å². The van der Waals surface area contributed by atoms with Gasteiger partial charge in [0.25, 0.3) is 5.91 Å². The van der Waals surface area contributed by atoms with Gasteiger partial charge < -0.3 is 15.5 Å². The molecule has 1 amide bonds. The number of carboxylic acid groups (broad SMARTS) is 1. The molecule has 18 heavy (non-hydrogen) atoms. The summed E-state index contributed by atoms with van der Waals surface area (Å²) in [5.74, 6) is -9.76. The maximum absolute atomic E-state index is 12.4. The van der Waals surface area contributed by atoms with Crippen molar-refractivity contribution in [3.8, 4) is 0 Å². The van der Waals surface area contributed by atoms with Crippen LogP contribution in [0.2, 0.25) is 0 Å². The molecule has 0 aromatic carbocycles. The summed E-state index contributed by atoms with van der Waals surface area (Å²) in [6.07, 6.45) is -6.99. The number of hydrogen-bond acceptors (Lipinski definition) is 3. The zero-order valence-electron chi connectivity index (χ0n) is 9.01. The van der Waals surface area contributed by atoms with Crippen LogP contribution in [0.5, 0.6) is 0 Å². The highest BCUT2D eigenvalue weighted by Gasteiger charge is 2.63. The molecule has 0 saturated heterocycles. The normalized spacial score (nSPS) is 15.9. The zero-order chi connectivity index (χ0) is 14.8. The Hall–Kier alpha value is -1.45. The number of aliphatic hydroxyl groups is 1. The molecule has 0 aromatic heterocycles. The van der Waals surface area contributed by atoms with Crippen LogP contribution in [-0.4, -0.2) is 46.3 Å². The van der Waals surface area contributed by atoms with Gasteiger partial charge in [-0.3, -0.25) is 9.59 Å². The third kappa shape index (κ3) is 4.43. The fraction of sp³-hybridized carbons (Fsp3) is 0.750. The van der Waals surface area contributed by atoms with Crippen molar-refractivity contribution >= 4 is 11.9 Å². The molecule has 0 aliphatic heterocycles. The van der Waals surface area contributed by atoms with E-state index in [1.54, 1.807) is 0 Å². The maximum atomic E-state index is 12.4. The van der Waals surface area contributed by atoms with Crippen LogP contribution in [0.3, 0.4) is 0 Å². The topological polar surface area (TPSA) is 86.6 Å². The van der Waals surface area contributed by atoms with E-state index in [1.807, 2.05) is 0 Å². The van der Waals surface area contributed by atoms with Crippen molar-refractivity contribution in [2.75, 3.05) is 6.54 Å². The summed E-state index contributed by atoms with van der Waals surface area (Å²) >= 11 is 0. The minimum atomic E-state index is -6.06. The van der Waals surface area contributed by atoms with Crippen LogP contribution in [0.15, 0.2) is 0 Å². The van der Waals surface area contributed by atoms with Crippen molar-refractivity contribution in [3.63, 3.8) is 0 Å². The van der Waals surface area contributed by atoms with Crippen LogP contribution in [0.25, 0.3) is 0 Å². The van der Waals surface area contributed by atoms with Gasteiger partial charge in [0.05, 0.1) is 12.0 Å². The third-order valence-electron chi connectivity index (χ3n) is 1.80. The molecule has 0 bridgehead atoms. The molecule has 0 aliphatic rings. The second kappa shape index (κ2) is 5.04. The van der Waals surface area contributed by atoms with E-state index >= 15 is 0 Å². The number of alkyl halides is 5. The number of carbonyl (C=O) groups is 2. The summed E-state index contributed by atoms with van der Waals surface area (Å²) in [5.41, 5.74) is -2.14. The Morgan fingerprint density at radius 2 is 1.61 bits per heavy atom. The predicted octanol–water partition coefficient (Wildman–Crippen LogP) is 0.526. The summed E-state index contributed by atoms with van der Waals surface area (Å²) in [4.78, 5) is 20.8. The zero-order valence-corrected chi connectivity index (χ0v) is 9.01. The van der Waals surface area contributed by atoms with E-state index in [1.165, 1.54) is 0 Å². The number of carbonyl (C=O) groups excluding carboxylic acids is 1. The van der Waals surface area contributed by atoms with Gasteiger partial charge in [-0.05, 0) is 6.92 Å². The Morgan fingerprint density at radius 1 is 1.17 bits per heavy atom. The Balaban J connectivity index is 4.57. The van der Waals surface area contributed by atoms with Crippen molar-refractivity contribution < 1.29 is 41.8 Å². The SMILES string of the molecule is CC(O)(CNC(=O)C(F)(F)C(F)(F)F)CC(=O)O. The molecule has 5 nitrogen and oxygen atoms in total. The molecule has 3 N–H and O–H groups in total. The van der Waals surface area contributed by atoms with Gasteiger partial charge in [0.2, 0.25) is 0 Å². The van der Waals surface area contributed by atoms with E-state index in [0.29, 0.717) is 0 Å². The summed E-state index contributed by atoms with van der Waals surface area (Å²) in [6, 6.07) is 0. The lowest BCUT2D eigenvalue weighted by Gasteiger charge is -2.24. The minimum Gasteiger partial charge on any atom is -0.481 e. The van der Waals surface area contributed by atoms with Crippen molar-refractivity contribution in [1.29, 1.82) is 0 Å². The first-order chi connectivity index (χ1) is 7.79. The molecule has 0 radical (unpaired) electrons. The van der Waals surface area contributed by atoms with Gasteiger partial charge in [-0.2, -0.15) is 22.0 Å². The molecular weight excluding hydrogens is 269 g/mol. The van der Waals surface area contributed by atoms with Crippen molar-refractivity contribution in [2.24, 2.45) is 0 Å². The van der Waals surface area contributed by atoms with Crippen molar-refractivity contribution in [3.05, 3.63) is 0 Å². The predicted molar refractivity (Wildman–Crippen MR) is 46.9 cm³/mol. The number of rotatable bonds is 5. The molecular formula is C8H10F5NO4. The van der Waals surface area contributed by atoms with Crippen LogP contribution >= 0.6 is 0 Å². The Kier molecular flexibility index (Phi) is 4.64. The fourth-order valence-corrected chi connectivity index (χ4v) is 0.899. The lowest BCUT2D eigenvalue weighted by molar-refractivity contribution is -0.270. The summed E-state index contributed by atoms with van der Waals surface area (Å²) in [6.45, 7) is -0.184. The monoisotopic (exact) mass is 279 g/mol. The molecule has 0 fully saturated rings. The first-order valence-corrected chi connectivity index (χ1v) is 4.46. The molecule has 1 unspecified atom stereocenters. The largest absolute Gasteiger partial charge is 0.481 e. The molecule has 0 rings (SSSR count). The van der Waals surface area contributed by atoms with Gasteiger partial charge in [-0.25, -0.2) is 0 Å². The first-order valence-electron chi connectivity index (χ1n) is 4.46. The number of nitrogens with one attached hydrogen (secondary N) is 1. The van der Waals surface area contributed by atoms with E-state index in [2.05, 4.69) is 0 Å². The molecule has 0 saturated carbocycles. The quantitative estimate of drug-likeness (QED) is 0.640. The number of aliphatic carboxylic acids is 1. The highest BCUT2D eigenvalue weighted by atomic mass is 19.4. The van der Waals surface area contributed by atoms with E-state index < -0.39 is 42.5 Å². The highest BCUT2D eigenvalue weighted by molar-refractivity contribution is 5.84. The highest BCUT2D eigenvalue weighted by Crippen LogP contribution is 2.35. The van der Waals surface area contributed by atoms with Gasteiger partial charge in [0.15, 0.2) is 0 Å². The number of halogens is 5. The summed E-state index contributed by atoms with van der Waals surface area (Å²) in [5, 5.41) is 18.7. The van der Waals surface area contributed by atoms with Crippen molar-refractivity contribution in [1.82, 2.24) is 5.32 Å². The molecule has 0 heterocycles. The van der Waals surface area contributed by atoms with E-state index in [0.717, 1.165) is 12.2 Å². The standard InChI is InChI=1S/C8H10F5NO4/c1-6(18,2-4(15)16)3-14-5(17)7(9,10)8(11,12)13/h18H,2-3H2,1H3,(H,14,17)(H,15,16). The number of hydrogen-bond donors (Lipinski definition) is 3. The van der Waals surface area contributed by atoms with Gasteiger partial charge >= 0.3 is 18.1 Å². The van der Waals surface area contributed by atoms with E-state index in [4.69, 9.17) is 5.11 Å². The molecule has 0 aromatic rings. The lowest BCUT2D eigenvalue weighted by atomic mass is 10.0. The molecule has 1 atom stereocenters. The summed E-state index contributed by atoms with van der Waals surface area (Å²) < 4.78 is 60.1. The number of amides is 1. The van der Waals surface area contributed by atoms with Gasteiger partial charge in [-0.1, -0.05) is 0 Å². The van der Waals surface area contributed by atoms with Crippen LogP contribution in [0.4, 0.5) is 22.0 Å². The average molecular weight is 279 g/mol. The van der Waals surface area contributed by atoms with Crippen LogP contribution in [0, 0.1) is 0 Å². The lowest BCUT2D eigenvalue weighted by Crippen LogP contribution is -2.53. The van der Waals surface area contributed by atoms with Crippen LogP contribution < -0.4 is 5.32 Å². The maximum Gasteiger partial charge on any atom is 0.463 e. The molecule has 106 valence electrons. The second-order valence-electron chi connectivity index (χ2n) is 3.82. The molecule has 10 heteroatoms. The smallest absolute Gasteiger partial charge is 0.463 e. The first kappa shape index (κ1) is 16.6. The van der Waals surface area contributed by atoms with Crippen molar-refractivity contribution in [2.45, 2.75) is 31.0 Å². The third-order valence-corrected chi connectivity index (χ3v) is 1.80. The Labute approximate surface area is 97.6 Å². The van der Waals surface area contributed by atoms with E-state index in [9.17, 15) is 36.6 Å². The average Bonchev–Trinajstić information content (AvgIpc) is 2.10. The van der Waals surface area contributed by atoms with Crippen LogP contribution in [0.1, 0.15) is 13.3 Å².